The summed E-state index contributed by atoms with van der Waals surface area (Å²) in [6.45, 7) is 3.28. The number of nitrogens with zero attached hydrogens (tertiary/aromatic N) is 1. The molecule has 0 bridgehead atoms. The molecule has 2 rings (SSSR count). The Kier molecular flexibility index (Phi) is 2.28. The Labute approximate surface area is 94.8 Å². The molecule has 0 amide bonds. The standard InChI is InChI=1S/C10H11F3N2O2/c1-9(2)5(6(9)8(16)17)4-3-14-15-7(4)10(11,12)13/h3,5-6H,1-2H3,(H,14,15)(H,16,17). The van der Waals surface area contributed by atoms with Crippen LogP contribution in [0.1, 0.15) is 31.0 Å². The van der Waals surface area contributed by atoms with Crippen molar-refractivity contribution in [3.63, 3.8) is 0 Å². The van der Waals surface area contributed by atoms with E-state index in [2.05, 4.69) is 5.10 Å². The van der Waals surface area contributed by atoms with Crippen molar-refractivity contribution in [2.24, 2.45) is 11.3 Å². The van der Waals surface area contributed by atoms with Crippen LogP contribution < -0.4 is 0 Å². The highest BCUT2D eigenvalue weighted by atomic mass is 19.4. The van der Waals surface area contributed by atoms with Crippen molar-refractivity contribution in [2.75, 3.05) is 0 Å². The van der Waals surface area contributed by atoms with Gasteiger partial charge in [-0.1, -0.05) is 13.8 Å². The summed E-state index contributed by atoms with van der Waals surface area (Å²) in [6, 6.07) is 0. The van der Waals surface area contributed by atoms with E-state index >= 15 is 0 Å². The lowest BCUT2D eigenvalue weighted by atomic mass is 10.0. The third-order valence-electron chi connectivity index (χ3n) is 3.38. The highest BCUT2D eigenvalue weighted by molar-refractivity contribution is 5.77. The molecule has 2 N–H and O–H groups in total. The Balaban J connectivity index is 2.38. The number of rotatable bonds is 2. The van der Waals surface area contributed by atoms with Crippen molar-refractivity contribution < 1.29 is 23.1 Å². The van der Waals surface area contributed by atoms with E-state index in [9.17, 15) is 18.0 Å². The van der Waals surface area contributed by atoms with Crippen LogP contribution in [0.15, 0.2) is 6.20 Å². The number of hydrogen-bond acceptors (Lipinski definition) is 2. The van der Waals surface area contributed by atoms with E-state index in [-0.39, 0.29) is 5.56 Å². The number of aliphatic carboxylic acids is 1. The second kappa shape index (κ2) is 3.24. The summed E-state index contributed by atoms with van der Waals surface area (Å²) in [7, 11) is 0. The molecule has 0 aromatic carbocycles. The van der Waals surface area contributed by atoms with Gasteiger partial charge in [0, 0.05) is 11.5 Å². The average Bonchev–Trinajstić information content (AvgIpc) is 2.59. The highest BCUT2D eigenvalue weighted by Gasteiger charge is 2.64. The quantitative estimate of drug-likeness (QED) is 0.843. The molecular formula is C10H11F3N2O2. The van der Waals surface area contributed by atoms with Gasteiger partial charge in [0.1, 0.15) is 5.69 Å². The third kappa shape index (κ3) is 1.69. The van der Waals surface area contributed by atoms with Crippen LogP contribution in [-0.2, 0) is 11.0 Å². The van der Waals surface area contributed by atoms with E-state index in [0.717, 1.165) is 6.20 Å². The molecule has 0 aliphatic heterocycles. The van der Waals surface area contributed by atoms with E-state index in [0.29, 0.717) is 0 Å². The van der Waals surface area contributed by atoms with Crippen LogP contribution in [0.5, 0.6) is 0 Å². The average molecular weight is 248 g/mol. The minimum absolute atomic E-state index is 0.0603. The fourth-order valence-corrected chi connectivity index (χ4v) is 2.44. The molecule has 7 heteroatoms. The van der Waals surface area contributed by atoms with Crippen LogP contribution in [0, 0.1) is 11.3 Å². The normalized spacial score (nSPS) is 26.9. The molecule has 1 aromatic heterocycles. The van der Waals surface area contributed by atoms with Crippen LogP contribution >= 0.6 is 0 Å². The molecule has 1 heterocycles. The van der Waals surface area contributed by atoms with Gasteiger partial charge in [0.2, 0.25) is 0 Å². The van der Waals surface area contributed by atoms with Gasteiger partial charge in [-0.3, -0.25) is 9.89 Å². The van der Waals surface area contributed by atoms with Gasteiger partial charge in [-0.25, -0.2) is 0 Å². The van der Waals surface area contributed by atoms with Gasteiger partial charge >= 0.3 is 12.1 Å². The number of H-pyrrole nitrogens is 1. The summed E-state index contributed by atoms with van der Waals surface area (Å²) in [5.74, 6) is -2.51. The lowest BCUT2D eigenvalue weighted by Gasteiger charge is -2.07. The first-order valence-electron chi connectivity index (χ1n) is 5.00. The number of carboxylic acid groups (broad SMARTS) is 1. The molecule has 1 aliphatic carbocycles. The minimum atomic E-state index is -4.53. The Morgan fingerprint density at radius 2 is 2.12 bits per heavy atom. The summed E-state index contributed by atoms with van der Waals surface area (Å²) in [4.78, 5) is 10.9. The largest absolute Gasteiger partial charge is 0.481 e. The van der Waals surface area contributed by atoms with Crippen molar-refractivity contribution in [2.45, 2.75) is 25.9 Å². The zero-order valence-electron chi connectivity index (χ0n) is 9.17. The molecule has 0 spiro atoms. The molecular weight excluding hydrogens is 237 g/mol. The van der Waals surface area contributed by atoms with Gasteiger partial charge in [0.25, 0.3) is 0 Å². The molecule has 0 radical (unpaired) electrons. The predicted octanol–water partition coefficient (Wildman–Crippen LogP) is 2.25. The van der Waals surface area contributed by atoms with E-state index in [1.807, 2.05) is 5.10 Å². The lowest BCUT2D eigenvalue weighted by Crippen LogP contribution is -2.09. The van der Waals surface area contributed by atoms with Crippen molar-refractivity contribution in [3.05, 3.63) is 17.5 Å². The summed E-state index contributed by atoms with van der Waals surface area (Å²) < 4.78 is 37.9. The molecule has 0 saturated heterocycles. The molecule has 1 fully saturated rings. The number of hydrogen-bond donors (Lipinski definition) is 2. The topological polar surface area (TPSA) is 66.0 Å². The molecule has 2 unspecified atom stereocenters. The summed E-state index contributed by atoms with van der Waals surface area (Å²) in [5.41, 5.74) is -1.68. The van der Waals surface area contributed by atoms with Crippen molar-refractivity contribution >= 4 is 5.97 Å². The van der Waals surface area contributed by atoms with Crippen molar-refractivity contribution in [1.29, 1.82) is 0 Å². The SMILES string of the molecule is CC1(C)C(C(=O)O)C1c1cn[nH]c1C(F)(F)F. The van der Waals surface area contributed by atoms with Gasteiger partial charge in [-0.15, -0.1) is 0 Å². The Morgan fingerprint density at radius 1 is 1.53 bits per heavy atom. The third-order valence-corrected chi connectivity index (χ3v) is 3.38. The van der Waals surface area contributed by atoms with Gasteiger partial charge in [-0.2, -0.15) is 18.3 Å². The number of aromatic nitrogens is 2. The predicted molar refractivity (Wildman–Crippen MR) is 51.2 cm³/mol. The van der Waals surface area contributed by atoms with Crippen LogP contribution in [0.2, 0.25) is 0 Å². The molecule has 1 aromatic rings. The Hall–Kier alpha value is -1.53. The number of nitrogens with one attached hydrogen (secondary N) is 1. The number of alkyl halides is 3. The van der Waals surface area contributed by atoms with Gasteiger partial charge in [-0.05, 0) is 5.41 Å². The Morgan fingerprint density at radius 3 is 2.53 bits per heavy atom. The minimum Gasteiger partial charge on any atom is -0.481 e. The second-order valence-electron chi connectivity index (χ2n) is 4.81. The fourth-order valence-electron chi connectivity index (χ4n) is 2.44. The van der Waals surface area contributed by atoms with Gasteiger partial charge in [0.15, 0.2) is 0 Å². The lowest BCUT2D eigenvalue weighted by molar-refractivity contribution is -0.142. The molecule has 2 atom stereocenters. The molecule has 1 aliphatic rings. The van der Waals surface area contributed by atoms with Gasteiger partial charge < -0.3 is 5.11 Å². The Bertz CT molecular complexity index is 464. The van der Waals surface area contributed by atoms with Crippen LogP contribution in [0.25, 0.3) is 0 Å². The fraction of sp³-hybridized carbons (Fsp3) is 0.600. The number of halogens is 3. The maximum Gasteiger partial charge on any atom is 0.433 e. The van der Waals surface area contributed by atoms with Crippen LogP contribution in [-0.4, -0.2) is 21.3 Å². The summed E-state index contributed by atoms with van der Waals surface area (Å²) in [5, 5.41) is 14.2. The highest BCUT2D eigenvalue weighted by Crippen LogP contribution is 2.65. The molecule has 94 valence electrons. The maximum absolute atomic E-state index is 12.6. The number of carboxylic acids is 1. The number of aromatic amines is 1. The monoisotopic (exact) mass is 248 g/mol. The van der Waals surface area contributed by atoms with E-state index in [1.165, 1.54) is 0 Å². The first-order chi connectivity index (χ1) is 7.67. The smallest absolute Gasteiger partial charge is 0.433 e. The van der Waals surface area contributed by atoms with Crippen molar-refractivity contribution in [1.82, 2.24) is 10.2 Å². The van der Waals surface area contributed by atoms with E-state index < -0.39 is 35.1 Å². The molecule has 1 saturated carbocycles. The molecule has 4 nitrogen and oxygen atoms in total. The summed E-state index contributed by atoms with van der Waals surface area (Å²) >= 11 is 0. The van der Waals surface area contributed by atoms with Gasteiger partial charge in [0.05, 0.1) is 12.1 Å². The zero-order valence-corrected chi connectivity index (χ0v) is 9.17. The summed E-state index contributed by atoms with van der Waals surface area (Å²) in [6.07, 6.45) is -3.47. The van der Waals surface area contributed by atoms with Crippen LogP contribution in [0.4, 0.5) is 13.2 Å². The molecule has 17 heavy (non-hydrogen) atoms. The second-order valence-corrected chi connectivity index (χ2v) is 4.81. The maximum atomic E-state index is 12.6. The van der Waals surface area contributed by atoms with E-state index in [4.69, 9.17) is 5.11 Å². The van der Waals surface area contributed by atoms with Crippen molar-refractivity contribution in [3.8, 4) is 0 Å². The van der Waals surface area contributed by atoms with Crippen LogP contribution in [0.3, 0.4) is 0 Å². The first-order valence-corrected chi connectivity index (χ1v) is 5.00. The van der Waals surface area contributed by atoms with E-state index in [1.54, 1.807) is 13.8 Å². The first kappa shape index (κ1) is 11.9. The zero-order chi connectivity index (χ0) is 13.0. The number of carbonyl (C=O) groups is 1.